The van der Waals surface area contributed by atoms with Gasteiger partial charge in [-0.25, -0.2) is 4.98 Å². The smallest absolute Gasteiger partial charge is 0.129 e. The monoisotopic (exact) mass is 240 g/mol. The summed E-state index contributed by atoms with van der Waals surface area (Å²) in [6, 6.07) is 7.71. The number of aromatic nitrogens is 2. The van der Waals surface area contributed by atoms with Gasteiger partial charge in [0.25, 0.3) is 0 Å². The summed E-state index contributed by atoms with van der Waals surface area (Å²) >= 11 is 11.8. The molecule has 2 nitrogen and oxygen atoms in total. The Morgan fingerprint density at radius 2 is 1.87 bits per heavy atom. The summed E-state index contributed by atoms with van der Waals surface area (Å²) in [5.74, 6) is 0.912. The summed E-state index contributed by atoms with van der Waals surface area (Å²) in [6.45, 7) is 2.66. The van der Waals surface area contributed by atoms with Gasteiger partial charge in [0.05, 0.1) is 12.7 Å². The summed E-state index contributed by atoms with van der Waals surface area (Å²) in [6.07, 6.45) is 1.66. The first-order valence-electron chi connectivity index (χ1n) is 4.59. The van der Waals surface area contributed by atoms with E-state index < -0.39 is 0 Å². The highest BCUT2D eigenvalue weighted by atomic mass is 35.5. The lowest BCUT2D eigenvalue weighted by molar-refractivity contribution is 0.762. The Morgan fingerprint density at radius 3 is 2.40 bits per heavy atom. The second-order valence-electron chi connectivity index (χ2n) is 3.34. The fraction of sp³-hybridized carbons (Fsp3) is 0.182. The highest BCUT2D eigenvalue weighted by Gasteiger charge is 2.04. The van der Waals surface area contributed by atoms with Gasteiger partial charge in [0, 0.05) is 5.02 Å². The first-order valence-corrected chi connectivity index (χ1v) is 5.34. The summed E-state index contributed by atoms with van der Waals surface area (Å²) in [5.41, 5.74) is 1.16. The molecule has 1 aromatic heterocycles. The lowest BCUT2D eigenvalue weighted by atomic mass is 10.2. The van der Waals surface area contributed by atoms with Gasteiger partial charge in [0.15, 0.2) is 0 Å². The van der Waals surface area contributed by atoms with Crippen LogP contribution in [-0.2, 0) is 6.54 Å². The Kier molecular flexibility index (Phi) is 2.98. The molecule has 1 heterocycles. The number of halogens is 2. The molecule has 0 saturated carbocycles. The predicted molar refractivity (Wildman–Crippen MR) is 62.5 cm³/mol. The van der Waals surface area contributed by atoms with Crippen LogP contribution in [0.2, 0.25) is 10.2 Å². The van der Waals surface area contributed by atoms with E-state index >= 15 is 0 Å². The Bertz CT molecular complexity index is 440. The van der Waals surface area contributed by atoms with Gasteiger partial charge in [0.1, 0.15) is 11.0 Å². The number of hydrogen-bond acceptors (Lipinski definition) is 1. The SMILES string of the molecule is Cc1ncc(Cl)n1Cc1ccc(Cl)cc1. The quantitative estimate of drug-likeness (QED) is 0.786. The predicted octanol–water partition coefficient (Wildman–Crippen LogP) is 3.55. The lowest BCUT2D eigenvalue weighted by Crippen LogP contribution is -2.01. The van der Waals surface area contributed by atoms with Crippen molar-refractivity contribution in [1.29, 1.82) is 0 Å². The van der Waals surface area contributed by atoms with Gasteiger partial charge in [-0.05, 0) is 24.6 Å². The maximum atomic E-state index is 6.00. The van der Waals surface area contributed by atoms with E-state index in [-0.39, 0.29) is 0 Å². The average Bonchev–Trinajstić information content (AvgIpc) is 2.53. The van der Waals surface area contributed by atoms with Gasteiger partial charge in [-0.3, -0.25) is 0 Å². The third-order valence-corrected chi connectivity index (χ3v) is 2.81. The summed E-state index contributed by atoms with van der Waals surface area (Å²) in [4.78, 5) is 4.13. The van der Waals surface area contributed by atoms with Crippen LogP contribution in [0.1, 0.15) is 11.4 Å². The summed E-state index contributed by atoms with van der Waals surface area (Å²) in [5, 5.41) is 1.40. The van der Waals surface area contributed by atoms with Crippen LogP contribution < -0.4 is 0 Å². The molecule has 0 radical (unpaired) electrons. The van der Waals surface area contributed by atoms with Crippen LogP contribution in [0.5, 0.6) is 0 Å². The minimum atomic E-state index is 0.655. The fourth-order valence-electron chi connectivity index (χ4n) is 1.40. The van der Waals surface area contributed by atoms with Crippen molar-refractivity contribution in [2.45, 2.75) is 13.5 Å². The second kappa shape index (κ2) is 4.25. The standard InChI is InChI=1S/C11H10Cl2N2/c1-8-14-6-11(13)15(8)7-9-2-4-10(12)5-3-9/h2-6H,7H2,1H3. The van der Waals surface area contributed by atoms with Crippen LogP contribution in [0.25, 0.3) is 0 Å². The highest BCUT2D eigenvalue weighted by Crippen LogP contribution is 2.15. The van der Waals surface area contributed by atoms with E-state index in [2.05, 4.69) is 4.98 Å². The molecular formula is C11H10Cl2N2. The topological polar surface area (TPSA) is 17.8 Å². The third kappa shape index (κ3) is 2.33. The van der Waals surface area contributed by atoms with Crippen molar-refractivity contribution in [3.05, 3.63) is 52.0 Å². The zero-order chi connectivity index (χ0) is 10.8. The molecule has 15 heavy (non-hydrogen) atoms. The van der Waals surface area contributed by atoms with E-state index in [0.717, 1.165) is 23.0 Å². The molecule has 0 bridgehead atoms. The lowest BCUT2D eigenvalue weighted by Gasteiger charge is -2.06. The minimum Gasteiger partial charge on any atom is -0.315 e. The van der Waals surface area contributed by atoms with E-state index in [1.807, 2.05) is 35.8 Å². The Morgan fingerprint density at radius 1 is 1.20 bits per heavy atom. The van der Waals surface area contributed by atoms with Crippen LogP contribution in [0.3, 0.4) is 0 Å². The van der Waals surface area contributed by atoms with Crippen LogP contribution in [-0.4, -0.2) is 9.55 Å². The Hall–Kier alpha value is -0.990. The zero-order valence-corrected chi connectivity index (χ0v) is 9.76. The molecule has 0 atom stereocenters. The van der Waals surface area contributed by atoms with E-state index in [9.17, 15) is 0 Å². The summed E-state index contributed by atoms with van der Waals surface area (Å²) < 4.78 is 1.95. The van der Waals surface area contributed by atoms with Gasteiger partial charge in [-0.15, -0.1) is 0 Å². The van der Waals surface area contributed by atoms with Crippen molar-refractivity contribution in [3.63, 3.8) is 0 Å². The molecule has 78 valence electrons. The van der Waals surface area contributed by atoms with E-state index in [4.69, 9.17) is 23.2 Å². The number of imidazole rings is 1. The molecule has 0 aliphatic heterocycles. The van der Waals surface area contributed by atoms with Crippen molar-refractivity contribution in [2.24, 2.45) is 0 Å². The molecule has 0 spiro atoms. The Labute approximate surface area is 98.5 Å². The molecule has 0 aliphatic rings. The Balaban J connectivity index is 2.25. The number of rotatable bonds is 2. The molecule has 0 unspecified atom stereocenters. The van der Waals surface area contributed by atoms with Crippen molar-refractivity contribution < 1.29 is 0 Å². The number of hydrogen-bond donors (Lipinski definition) is 0. The maximum absolute atomic E-state index is 6.00. The number of aryl methyl sites for hydroxylation is 1. The summed E-state index contributed by atoms with van der Waals surface area (Å²) in [7, 11) is 0. The van der Waals surface area contributed by atoms with E-state index in [1.165, 1.54) is 0 Å². The van der Waals surface area contributed by atoms with Crippen molar-refractivity contribution in [3.8, 4) is 0 Å². The fourth-order valence-corrected chi connectivity index (χ4v) is 1.76. The molecule has 0 aliphatic carbocycles. The number of benzene rings is 1. The molecule has 2 aromatic rings. The van der Waals surface area contributed by atoms with Crippen molar-refractivity contribution >= 4 is 23.2 Å². The van der Waals surface area contributed by atoms with E-state index in [1.54, 1.807) is 6.20 Å². The highest BCUT2D eigenvalue weighted by molar-refractivity contribution is 6.30. The van der Waals surface area contributed by atoms with Crippen molar-refractivity contribution in [2.75, 3.05) is 0 Å². The maximum Gasteiger partial charge on any atom is 0.129 e. The van der Waals surface area contributed by atoms with Crippen molar-refractivity contribution in [1.82, 2.24) is 9.55 Å². The first kappa shape index (κ1) is 10.5. The van der Waals surface area contributed by atoms with Crippen LogP contribution in [0.4, 0.5) is 0 Å². The molecule has 2 rings (SSSR count). The largest absolute Gasteiger partial charge is 0.315 e. The van der Waals surface area contributed by atoms with Crippen LogP contribution in [0.15, 0.2) is 30.5 Å². The molecule has 0 fully saturated rings. The second-order valence-corrected chi connectivity index (χ2v) is 4.16. The molecular weight excluding hydrogens is 231 g/mol. The number of nitrogens with zero attached hydrogens (tertiary/aromatic N) is 2. The van der Waals surface area contributed by atoms with Gasteiger partial charge in [0.2, 0.25) is 0 Å². The van der Waals surface area contributed by atoms with Gasteiger partial charge in [-0.1, -0.05) is 35.3 Å². The molecule has 4 heteroatoms. The van der Waals surface area contributed by atoms with Gasteiger partial charge >= 0.3 is 0 Å². The molecule has 0 amide bonds. The van der Waals surface area contributed by atoms with Crippen LogP contribution in [0, 0.1) is 6.92 Å². The van der Waals surface area contributed by atoms with Crippen LogP contribution >= 0.6 is 23.2 Å². The molecule has 0 N–H and O–H groups in total. The minimum absolute atomic E-state index is 0.655. The zero-order valence-electron chi connectivity index (χ0n) is 8.24. The normalized spacial score (nSPS) is 10.6. The third-order valence-electron chi connectivity index (χ3n) is 2.26. The first-order chi connectivity index (χ1) is 7.16. The molecule has 0 saturated heterocycles. The average molecular weight is 241 g/mol. The van der Waals surface area contributed by atoms with E-state index in [0.29, 0.717) is 5.15 Å². The molecule has 1 aromatic carbocycles. The van der Waals surface area contributed by atoms with Gasteiger partial charge < -0.3 is 4.57 Å². The van der Waals surface area contributed by atoms with Gasteiger partial charge in [-0.2, -0.15) is 0 Å².